The largest absolute Gasteiger partial charge is 0.462 e. The number of nitrogens with one attached hydrogen (secondary N) is 1. The quantitative estimate of drug-likeness (QED) is 0.786. The van der Waals surface area contributed by atoms with Crippen molar-refractivity contribution >= 4 is 29.3 Å². The third kappa shape index (κ3) is 6.61. The smallest absolute Gasteiger partial charge is 0.316 e. The molecule has 1 amide bonds. The van der Waals surface area contributed by atoms with Crippen molar-refractivity contribution in [1.82, 2.24) is 0 Å². The van der Waals surface area contributed by atoms with E-state index in [4.69, 9.17) is 4.74 Å². The normalized spacial score (nSPS) is 11.8. The second kappa shape index (κ2) is 8.64. The van der Waals surface area contributed by atoms with Crippen LogP contribution in [0.2, 0.25) is 0 Å². The molecule has 0 saturated carbocycles. The lowest BCUT2D eigenvalue weighted by molar-refractivity contribution is -0.144. The lowest BCUT2D eigenvalue weighted by Gasteiger charge is -2.10. The van der Waals surface area contributed by atoms with Crippen molar-refractivity contribution in [3.63, 3.8) is 0 Å². The molecule has 0 aliphatic rings. The molecule has 0 aromatic heterocycles. The topological polar surface area (TPSA) is 55.4 Å². The van der Waals surface area contributed by atoms with Crippen molar-refractivity contribution in [2.75, 3.05) is 16.8 Å². The van der Waals surface area contributed by atoms with Gasteiger partial charge in [-0.25, -0.2) is 0 Å². The number of carbonyl (C=O) groups excluding carboxylic acids is 2. The van der Waals surface area contributed by atoms with E-state index in [1.165, 1.54) is 11.8 Å². The minimum absolute atomic E-state index is 0.0655. The van der Waals surface area contributed by atoms with Gasteiger partial charge in [0.2, 0.25) is 5.91 Å². The zero-order chi connectivity index (χ0) is 15.0. The third-order valence-corrected chi connectivity index (χ3v) is 3.57. The molecule has 0 bridgehead atoms. The fourth-order valence-electron chi connectivity index (χ4n) is 1.49. The first-order chi connectivity index (χ1) is 9.51. The van der Waals surface area contributed by atoms with Gasteiger partial charge < -0.3 is 10.1 Å². The van der Waals surface area contributed by atoms with E-state index in [9.17, 15) is 9.59 Å². The van der Waals surface area contributed by atoms with Gasteiger partial charge in [0.25, 0.3) is 0 Å². The van der Waals surface area contributed by atoms with Crippen LogP contribution in [0.15, 0.2) is 24.3 Å². The van der Waals surface area contributed by atoms with E-state index < -0.39 is 0 Å². The second-order valence-corrected chi connectivity index (χ2v) is 5.60. The Hall–Kier alpha value is -1.49. The summed E-state index contributed by atoms with van der Waals surface area (Å²) in [5, 5.41) is 2.80. The van der Waals surface area contributed by atoms with Crippen molar-refractivity contribution in [3.8, 4) is 0 Å². The van der Waals surface area contributed by atoms with Gasteiger partial charge >= 0.3 is 5.97 Å². The summed E-state index contributed by atoms with van der Waals surface area (Å²) in [4.78, 5) is 23.1. The van der Waals surface area contributed by atoms with E-state index in [1.807, 2.05) is 45.0 Å². The lowest BCUT2D eigenvalue weighted by atomic mass is 10.2. The molecular formula is C15H21NO3S. The van der Waals surface area contributed by atoms with Crippen LogP contribution >= 0.6 is 11.8 Å². The van der Waals surface area contributed by atoms with Crippen LogP contribution in [0.3, 0.4) is 0 Å². The molecule has 1 rings (SSSR count). The Bertz CT molecular complexity index is 462. The molecule has 4 nitrogen and oxygen atoms in total. The van der Waals surface area contributed by atoms with Crippen LogP contribution in [0, 0.1) is 6.92 Å². The minimum atomic E-state index is -0.271. The fourth-order valence-corrected chi connectivity index (χ4v) is 2.08. The van der Waals surface area contributed by atoms with Crippen molar-refractivity contribution in [1.29, 1.82) is 0 Å². The van der Waals surface area contributed by atoms with Gasteiger partial charge in [-0.3, -0.25) is 9.59 Å². The average Bonchev–Trinajstić information content (AvgIpc) is 2.38. The summed E-state index contributed by atoms with van der Waals surface area (Å²) in [6.45, 7) is 5.78. The SMILES string of the molecule is CCC(C)OC(=O)CSCC(=O)Nc1cccc(C)c1. The number of esters is 1. The number of aryl methyl sites for hydroxylation is 1. The molecule has 0 radical (unpaired) electrons. The highest BCUT2D eigenvalue weighted by molar-refractivity contribution is 8.00. The highest BCUT2D eigenvalue weighted by atomic mass is 32.2. The highest BCUT2D eigenvalue weighted by Gasteiger charge is 2.09. The van der Waals surface area contributed by atoms with Gasteiger partial charge in [-0.1, -0.05) is 19.1 Å². The molecule has 0 fully saturated rings. The Morgan fingerprint density at radius 3 is 2.75 bits per heavy atom. The van der Waals surface area contributed by atoms with Gasteiger partial charge in [-0.2, -0.15) is 0 Å². The molecule has 1 atom stereocenters. The Kier molecular flexibility index (Phi) is 7.15. The van der Waals surface area contributed by atoms with E-state index in [-0.39, 0.29) is 29.5 Å². The zero-order valence-electron chi connectivity index (χ0n) is 12.1. The van der Waals surface area contributed by atoms with E-state index in [0.717, 1.165) is 17.7 Å². The van der Waals surface area contributed by atoms with E-state index in [1.54, 1.807) is 0 Å². The maximum atomic E-state index is 11.7. The van der Waals surface area contributed by atoms with Gasteiger partial charge in [-0.15, -0.1) is 11.8 Å². The van der Waals surface area contributed by atoms with Crippen LogP contribution in [0.4, 0.5) is 5.69 Å². The molecule has 1 unspecified atom stereocenters. The molecule has 0 aliphatic heterocycles. The summed E-state index contributed by atoms with van der Waals surface area (Å²) < 4.78 is 5.12. The van der Waals surface area contributed by atoms with Gasteiger partial charge in [0.15, 0.2) is 0 Å². The Balaban J connectivity index is 2.25. The molecule has 0 saturated heterocycles. The van der Waals surface area contributed by atoms with Crippen LogP contribution in [-0.4, -0.2) is 29.5 Å². The van der Waals surface area contributed by atoms with Gasteiger partial charge in [0, 0.05) is 5.69 Å². The van der Waals surface area contributed by atoms with Gasteiger partial charge in [0.1, 0.15) is 0 Å². The molecule has 0 heterocycles. The maximum absolute atomic E-state index is 11.7. The first-order valence-electron chi connectivity index (χ1n) is 6.65. The van der Waals surface area contributed by atoms with Crippen LogP contribution in [0.25, 0.3) is 0 Å². The summed E-state index contributed by atoms with van der Waals surface area (Å²) >= 11 is 1.26. The molecule has 110 valence electrons. The number of carbonyl (C=O) groups is 2. The number of hydrogen-bond acceptors (Lipinski definition) is 4. The van der Waals surface area contributed by atoms with Crippen molar-refractivity contribution in [2.45, 2.75) is 33.3 Å². The van der Waals surface area contributed by atoms with Crippen LogP contribution in [0.1, 0.15) is 25.8 Å². The number of hydrogen-bond donors (Lipinski definition) is 1. The van der Waals surface area contributed by atoms with E-state index in [2.05, 4.69) is 5.32 Å². The van der Waals surface area contributed by atoms with Crippen molar-refractivity contribution in [3.05, 3.63) is 29.8 Å². The monoisotopic (exact) mass is 295 g/mol. The molecule has 20 heavy (non-hydrogen) atoms. The summed E-state index contributed by atoms with van der Waals surface area (Å²) in [7, 11) is 0. The third-order valence-electron chi connectivity index (χ3n) is 2.66. The van der Waals surface area contributed by atoms with E-state index in [0.29, 0.717) is 0 Å². The van der Waals surface area contributed by atoms with Crippen molar-refractivity contribution in [2.24, 2.45) is 0 Å². The van der Waals surface area contributed by atoms with Crippen LogP contribution < -0.4 is 5.32 Å². The Morgan fingerprint density at radius 1 is 1.35 bits per heavy atom. The molecule has 0 spiro atoms. The molecular weight excluding hydrogens is 274 g/mol. The standard InChI is InChI=1S/C15H21NO3S/c1-4-12(3)19-15(18)10-20-9-14(17)16-13-7-5-6-11(2)8-13/h5-8,12H,4,9-10H2,1-3H3,(H,16,17). The number of benzene rings is 1. The Labute approximate surface area is 124 Å². The molecule has 1 aromatic rings. The summed E-state index contributed by atoms with van der Waals surface area (Å²) in [5.41, 5.74) is 1.87. The zero-order valence-corrected chi connectivity index (χ0v) is 13.0. The summed E-state index contributed by atoms with van der Waals surface area (Å²) in [6.07, 6.45) is 0.730. The molecule has 5 heteroatoms. The number of anilines is 1. The second-order valence-electron chi connectivity index (χ2n) is 4.62. The van der Waals surface area contributed by atoms with Gasteiger partial charge in [-0.05, 0) is 38.0 Å². The number of ether oxygens (including phenoxy) is 1. The van der Waals surface area contributed by atoms with Crippen LogP contribution in [0.5, 0.6) is 0 Å². The van der Waals surface area contributed by atoms with Crippen LogP contribution in [-0.2, 0) is 14.3 Å². The highest BCUT2D eigenvalue weighted by Crippen LogP contribution is 2.11. The lowest BCUT2D eigenvalue weighted by Crippen LogP contribution is -2.18. The molecule has 1 N–H and O–H groups in total. The predicted octanol–water partition coefficient (Wildman–Crippen LogP) is 3.01. The molecule has 0 aliphatic carbocycles. The minimum Gasteiger partial charge on any atom is -0.462 e. The predicted molar refractivity (Wildman–Crippen MR) is 83.0 cm³/mol. The molecule has 1 aromatic carbocycles. The first kappa shape index (κ1) is 16.6. The average molecular weight is 295 g/mol. The van der Waals surface area contributed by atoms with E-state index >= 15 is 0 Å². The number of rotatable bonds is 7. The number of amides is 1. The maximum Gasteiger partial charge on any atom is 0.316 e. The first-order valence-corrected chi connectivity index (χ1v) is 7.80. The summed E-state index contributed by atoms with van der Waals surface area (Å²) in [6, 6.07) is 7.60. The summed E-state index contributed by atoms with van der Waals surface area (Å²) in [5.74, 6) is 0.0550. The fraction of sp³-hybridized carbons (Fsp3) is 0.467. The van der Waals surface area contributed by atoms with Gasteiger partial charge in [0.05, 0.1) is 17.6 Å². The van der Waals surface area contributed by atoms with Crippen molar-refractivity contribution < 1.29 is 14.3 Å². The Morgan fingerprint density at radius 2 is 2.10 bits per heavy atom. The number of thioether (sulfide) groups is 1.